The van der Waals surface area contributed by atoms with Gasteiger partial charge in [-0.1, -0.05) is 12.8 Å². The predicted octanol–water partition coefficient (Wildman–Crippen LogP) is 2.48. The van der Waals surface area contributed by atoms with Crippen molar-refractivity contribution in [3.05, 3.63) is 17.7 Å². The molecule has 3 rings (SSSR count). The lowest BCUT2D eigenvalue weighted by Gasteiger charge is -2.14. The van der Waals surface area contributed by atoms with E-state index >= 15 is 0 Å². The Morgan fingerprint density at radius 2 is 1.89 bits per heavy atom. The third kappa shape index (κ3) is 2.25. The Morgan fingerprint density at radius 1 is 1.17 bits per heavy atom. The number of benzene rings is 1. The van der Waals surface area contributed by atoms with Crippen molar-refractivity contribution >= 4 is 0 Å². The van der Waals surface area contributed by atoms with Gasteiger partial charge in [0.1, 0.15) is 5.75 Å². The van der Waals surface area contributed by atoms with Gasteiger partial charge in [0.05, 0.1) is 13.2 Å². The molecule has 1 heterocycles. The van der Waals surface area contributed by atoms with Crippen LogP contribution in [0.5, 0.6) is 17.2 Å². The molecule has 2 aliphatic rings. The van der Waals surface area contributed by atoms with E-state index in [2.05, 4.69) is 0 Å². The summed E-state index contributed by atoms with van der Waals surface area (Å²) in [6, 6.07) is 3.62. The van der Waals surface area contributed by atoms with Crippen LogP contribution in [-0.4, -0.2) is 18.5 Å². The van der Waals surface area contributed by atoms with Crippen molar-refractivity contribution < 1.29 is 19.3 Å². The maximum atomic E-state index is 9.37. The molecule has 1 aliphatic carbocycles. The highest BCUT2D eigenvalue weighted by atomic mass is 16.7. The predicted molar refractivity (Wildman–Crippen MR) is 65.9 cm³/mol. The second kappa shape index (κ2) is 5.06. The van der Waals surface area contributed by atoms with Gasteiger partial charge in [-0.2, -0.15) is 0 Å². The highest BCUT2D eigenvalue weighted by molar-refractivity contribution is 5.51. The minimum absolute atomic E-state index is 0.0450. The summed E-state index contributed by atoms with van der Waals surface area (Å²) in [5, 5.41) is 9.37. The first-order valence-electron chi connectivity index (χ1n) is 6.53. The van der Waals surface area contributed by atoms with E-state index in [0.29, 0.717) is 23.2 Å². The molecule has 18 heavy (non-hydrogen) atoms. The van der Waals surface area contributed by atoms with Gasteiger partial charge in [0.15, 0.2) is 11.5 Å². The monoisotopic (exact) mass is 250 g/mol. The molecule has 1 aliphatic heterocycles. The molecule has 0 unspecified atom stereocenters. The van der Waals surface area contributed by atoms with E-state index < -0.39 is 0 Å². The Labute approximate surface area is 106 Å². The van der Waals surface area contributed by atoms with Crippen LogP contribution in [-0.2, 0) is 6.61 Å². The number of hydrogen-bond donors (Lipinski definition) is 1. The number of fused-ring (bicyclic) bond motifs is 1. The van der Waals surface area contributed by atoms with Crippen LogP contribution >= 0.6 is 0 Å². The first-order chi connectivity index (χ1) is 8.86. The van der Waals surface area contributed by atoms with Gasteiger partial charge in [0, 0.05) is 11.6 Å². The summed E-state index contributed by atoms with van der Waals surface area (Å²) in [4.78, 5) is 0. The summed E-state index contributed by atoms with van der Waals surface area (Å²) in [6.07, 6.45) is 5.11. The standard InChI is InChI=1S/C14H18O4/c15-7-11-5-13-14(18-9-17-13)6-12(11)16-8-10-3-1-2-4-10/h5-6,10,15H,1-4,7-9H2. The van der Waals surface area contributed by atoms with Gasteiger partial charge < -0.3 is 19.3 Å². The van der Waals surface area contributed by atoms with Gasteiger partial charge in [0.25, 0.3) is 0 Å². The molecule has 0 amide bonds. The average Bonchev–Trinajstić information content (AvgIpc) is 3.05. The molecule has 0 bridgehead atoms. The number of rotatable bonds is 4. The molecular weight excluding hydrogens is 232 g/mol. The number of hydrogen-bond acceptors (Lipinski definition) is 4. The van der Waals surface area contributed by atoms with Crippen LogP contribution in [0.4, 0.5) is 0 Å². The zero-order chi connectivity index (χ0) is 12.4. The maximum Gasteiger partial charge on any atom is 0.231 e. The largest absolute Gasteiger partial charge is 0.493 e. The summed E-state index contributed by atoms with van der Waals surface area (Å²) in [5.41, 5.74) is 0.761. The molecule has 1 fully saturated rings. The van der Waals surface area contributed by atoms with Gasteiger partial charge in [-0.25, -0.2) is 0 Å². The van der Waals surface area contributed by atoms with Gasteiger partial charge in [-0.05, 0) is 24.8 Å². The van der Waals surface area contributed by atoms with Crippen molar-refractivity contribution in [2.45, 2.75) is 32.3 Å². The quantitative estimate of drug-likeness (QED) is 0.891. The minimum Gasteiger partial charge on any atom is -0.493 e. The molecule has 1 aromatic rings. The Morgan fingerprint density at radius 3 is 2.61 bits per heavy atom. The molecule has 0 radical (unpaired) electrons. The number of aliphatic hydroxyl groups excluding tert-OH is 1. The fourth-order valence-electron chi connectivity index (χ4n) is 2.61. The van der Waals surface area contributed by atoms with Gasteiger partial charge in [-0.3, -0.25) is 0 Å². The molecule has 98 valence electrons. The van der Waals surface area contributed by atoms with Crippen LogP contribution in [0.15, 0.2) is 12.1 Å². The Bertz CT molecular complexity index is 424. The zero-order valence-corrected chi connectivity index (χ0v) is 10.4. The Balaban J connectivity index is 1.73. The Kier molecular flexibility index (Phi) is 3.28. The van der Waals surface area contributed by atoms with E-state index in [1.807, 2.05) is 6.07 Å². The molecule has 0 saturated heterocycles. The fraction of sp³-hybridized carbons (Fsp3) is 0.571. The summed E-state index contributed by atoms with van der Waals surface area (Å²) < 4.78 is 16.5. The highest BCUT2D eigenvalue weighted by Crippen LogP contribution is 2.38. The van der Waals surface area contributed by atoms with E-state index in [4.69, 9.17) is 14.2 Å². The molecular formula is C14H18O4. The third-order valence-electron chi connectivity index (χ3n) is 3.68. The van der Waals surface area contributed by atoms with Crippen LogP contribution in [0, 0.1) is 5.92 Å². The van der Waals surface area contributed by atoms with Gasteiger partial charge in [0.2, 0.25) is 6.79 Å². The van der Waals surface area contributed by atoms with Crippen LogP contribution in [0.2, 0.25) is 0 Å². The van der Waals surface area contributed by atoms with Crippen LogP contribution in [0.25, 0.3) is 0 Å². The van der Waals surface area contributed by atoms with Crippen molar-refractivity contribution in [3.8, 4) is 17.2 Å². The summed E-state index contributed by atoms with van der Waals surface area (Å²) >= 11 is 0. The Hall–Kier alpha value is -1.42. The molecule has 0 aromatic heterocycles. The molecule has 1 N–H and O–H groups in total. The van der Waals surface area contributed by atoms with E-state index in [-0.39, 0.29) is 13.4 Å². The van der Waals surface area contributed by atoms with Crippen molar-refractivity contribution in [2.24, 2.45) is 5.92 Å². The van der Waals surface area contributed by atoms with Crippen molar-refractivity contribution in [1.82, 2.24) is 0 Å². The third-order valence-corrected chi connectivity index (χ3v) is 3.68. The topological polar surface area (TPSA) is 47.9 Å². The molecule has 0 atom stereocenters. The first-order valence-corrected chi connectivity index (χ1v) is 6.53. The maximum absolute atomic E-state index is 9.37. The van der Waals surface area contributed by atoms with Crippen molar-refractivity contribution in [3.63, 3.8) is 0 Å². The van der Waals surface area contributed by atoms with Crippen LogP contribution in [0.3, 0.4) is 0 Å². The lowest BCUT2D eigenvalue weighted by molar-refractivity contribution is 0.173. The van der Waals surface area contributed by atoms with E-state index in [1.165, 1.54) is 25.7 Å². The van der Waals surface area contributed by atoms with E-state index in [9.17, 15) is 5.11 Å². The first kappa shape index (κ1) is 11.7. The van der Waals surface area contributed by atoms with Crippen molar-refractivity contribution in [2.75, 3.05) is 13.4 Å². The SMILES string of the molecule is OCc1cc2c(cc1OCC1CCCC1)OCO2. The van der Waals surface area contributed by atoms with Crippen molar-refractivity contribution in [1.29, 1.82) is 0 Å². The van der Waals surface area contributed by atoms with E-state index in [0.717, 1.165) is 12.2 Å². The molecule has 1 saturated carbocycles. The fourth-order valence-corrected chi connectivity index (χ4v) is 2.61. The lowest BCUT2D eigenvalue weighted by Crippen LogP contribution is -2.09. The molecule has 4 nitrogen and oxygen atoms in total. The molecule has 4 heteroatoms. The molecule has 0 spiro atoms. The van der Waals surface area contributed by atoms with Gasteiger partial charge in [-0.15, -0.1) is 0 Å². The molecule has 1 aromatic carbocycles. The zero-order valence-electron chi connectivity index (χ0n) is 10.4. The number of aliphatic hydroxyl groups is 1. The lowest BCUT2D eigenvalue weighted by atomic mass is 10.1. The second-order valence-electron chi connectivity index (χ2n) is 4.93. The summed E-state index contributed by atoms with van der Waals surface area (Å²) in [6.45, 7) is 0.926. The normalized spacial score (nSPS) is 18.3. The summed E-state index contributed by atoms with van der Waals surface area (Å²) in [5.74, 6) is 2.76. The highest BCUT2D eigenvalue weighted by Gasteiger charge is 2.20. The second-order valence-corrected chi connectivity index (χ2v) is 4.93. The van der Waals surface area contributed by atoms with Gasteiger partial charge >= 0.3 is 0 Å². The van der Waals surface area contributed by atoms with Crippen LogP contribution < -0.4 is 14.2 Å². The smallest absolute Gasteiger partial charge is 0.231 e. The van der Waals surface area contributed by atoms with Crippen LogP contribution in [0.1, 0.15) is 31.2 Å². The van der Waals surface area contributed by atoms with E-state index in [1.54, 1.807) is 6.07 Å². The average molecular weight is 250 g/mol. The number of ether oxygens (including phenoxy) is 3. The summed E-state index contributed by atoms with van der Waals surface area (Å²) in [7, 11) is 0. The minimum atomic E-state index is -0.0450.